The summed E-state index contributed by atoms with van der Waals surface area (Å²) in [4.78, 5) is 41.2. The van der Waals surface area contributed by atoms with Gasteiger partial charge < -0.3 is 10.4 Å². The molecule has 3 aromatic rings. The standard InChI is InChI=1S/C15H10BrN5O4/c16-8-1-3-9(4-2-8)21-12(23)7-10(22)13(20-21)14(24)18-11-5-6-17-15(25)19-11/h1-7,22H,(H2,17,18,19,24,25). The van der Waals surface area contributed by atoms with Gasteiger partial charge in [0, 0.05) is 16.7 Å². The lowest BCUT2D eigenvalue weighted by molar-refractivity contribution is 0.101. The Morgan fingerprint density at radius 1 is 1.20 bits per heavy atom. The maximum absolute atomic E-state index is 12.3. The van der Waals surface area contributed by atoms with Crippen molar-refractivity contribution in [2.24, 2.45) is 0 Å². The molecule has 126 valence electrons. The molecule has 0 aliphatic heterocycles. The van der Waals surface area contributed by atoms with Gasteiger partial charge in [0.2, 0.25) is 0 Å². The molecule has 0 spiro atoms. The van der Waals surface area contributed by atoms with E-state index in [4.69, 9.17) is 0 Å². The number of hydrogen-bond acceptors (Lipinski definition) is 6. The zero-order valence-corrected chi connectivity index (χ0v) is 14.0. The van der Waals surface area contributed by atoms with Crippen LogP contribution in [0.5, 0.6) is 5.75 Å². The SMILES string of the molecule is O=C(Nc1ccnc(=O)[nH]1)c1nn(-c2ccc(Br)cc2)c(=O)cc1O. The van der Waals surface area contributed by atoms with Crippen LogP contribution in [-0.2, 0) is 0 Å². The highest BCUT2D eigenvalue weighted by Gasteiger charge is 2.17. The van der Waals surface area contributed by atoms with Crippen LogP contribution in [0.4, 0.5) is 5.82 Å². The molecule has 0 unspecified atom stereocenters. The Bertz CT molecular complexity index is 1060. The van der Waals surface area contributed by atoms with E-state index in [0.29, 0.717) is 5.69 Å². The van der Waals surface area contributed by atoms with Gasteiger partial charge in [0.25, 0.3) is 11.5 Å². The van der Waals surface area contributed by atoms with Crippen molar-refractivity contribution in [3.8, 4) is 11.4 Å². The number of aromatic nitrogens is 4. The first-order chi connectivity index (χ1) is 11.9. The summed E-state index contributed by atoms with van der Waals surface area (Å²) in [5.74, 6) is -1.30. The minimum Gasteiger partial charge on any atom is -0.505 e. The molecule has 3 rings (SSSR count). The van der Waals surface area contributed by atoms with Crippen LogP contribution in [0.1, 0.15) is 10.5 Å². The number of amides is 1. The summed E-state index contributed by atoms with van der Waals surface area (Å²) < 4.78 is 1.79. The first kappa shape index (κ1) is 16.6. The third kappa shape index (κ3) is 3.63. The van der Waals surface area contributed by atoms with Gasteiger partial charge in [0.15, 0.2) is 11.4 Å². The number of carbonyl (C=O) groups is 1. The minimum absolute atomic E-state index is 0.0765. The van der Waals surface area contributed by atoms with Crippen LogP contribution in [-0.4, -0.2) is 30.8 Å². The fourth-order valence-electron chi connectivity index (χ4n) is 2.00. The normalized spacial score (nSPS) is 10.4. The van der Waals surface area contributed by atoms with Gasteiger partial charge >= 0.3 is 5.69 Å². The molecular weight excluding hydrogens is 394 g/mol. The minimum atomic E-state index is -0.801. The number of anilines is 1. The predicted molar refractivity (Wildman–Crippen MR) is 92.0 cm³/mol. The van der Waals surface area contributed by atoms with Crippen LogP contribution < -0.4 is 16.6 Å². The summed E-state index contributed by atoms with van der Waals surface area (Å²) in [7, 11) is 0. The summed E-state index contributed by atoms with van der Waals surface area (Å²) in [6.45, 7) is 0. The Morgan fingerprint density at radius 3 is 2.60 bits per heavy atom. The van der Waals surface area contributed by atoms with E-state index in [0.717, 1.165) is 15.2 Å². The Morgan fingerprint density at radius 2 is 1.92 bits per heavy atom. The van der Waals surface area contributed by atoms with Crippen LogP contribution >= 0.6 is 15.9 Å². The van der Waals surface area contributed by atoms with Crippen molar-refractivity contribution in [3.63, 3.8) is 0 Å². The number of aromatic hydroxyl groups is 1. The molecule has 2 heterocycles. The highest BCUT2D eigenvalue weighted by atomic mass is 79.9. The molecule has 0 radical (unpaired) electrons. The second-order valence-corrected chi connectivity index (χ2v) is 5.76. The molecule has 0 saturated carbocycles. The third-order valence-corrected chi connectivity index (χ3v) is 3.65. The second-order valence-electron chi connectivity index (χ2n) is 4.85. The van der Waals surface area contributed by atoms with Crippen molar-refractivity contribution in [2.75, 3.05) is 5.32 Å². The average molecular weight is 404 g/mol. The van der Waals surface area contributed by atoms with E-state index in [-0.39, 0.29) is 11.5 Å². The van der Waals surface area contributed by atoms with Crippen LogP contribution in [0.15, 0.2) is 56.7 Å². The van der Waals surface area contributed by atoms with Crippen LogP contribution in [0.25, 0.3) is 5.69 Å². The van der Waals surface area contributed by atoms with E-state index in [1.807, 2.05) is 0 Å². The lowest BCUT2D eigenvalue weighted by Gasteiger charge is -2.09. The van der Waals surface area contributed by atoms with Crippen molar-refractivity contribution in [2.45, 2.75) is 0 Å². The predicted octanol–water partition coefficient (Wildman–Crippen LogP) is 1.04. The molecular formula is C15H10BrN5O4. The van der Waals surface area contributed by atoms with Gasteiger partial charge in [-0.2, -0.15) is 9.78 Å². The van der Waals surface area contributed by atoms with Crippen molar-refractivity contribution in [1.29, 1.82) is 0 Å². The van der Waals surface area contributed by atoms with Crippen LogP contribution in [0.2, 0.25) is 0 Å². The molecule has 0 aliphatic rings. The molecule has 0 fully saturated rings. The zero-order chi connectivity index (χ0) is 18.0. The maximum Gasteiger partial charge on any atom is 0.346 e. The topological polar surface area (TPSA) is 130 Å². The molecule has 0 atom stereocenters. The Balaban J connectivity index is 2.00. The highest BCUT2D eigenvalue weighted by molar-refractivity contribution is 9.10. The van der Waals surface area contributed by atoms with E-state index in [9.17, 15) is 19.5 Å². The smallest absolute Gasteiger partial charge is 0.346 e. The van der Waals surface area contributed by atoms with E-state index in [2.05, 4.69) is 36.3 Å². The molecule has 0 bridgehead atoms. The van der Waals surface area contributed by atoms with E-state index in [1.54, 1.807) is 24.3 Å². The summed E-state index contributed by atoms with van der Waals surface area (Å²) in [5, 5.41) is 16.2. The van der Waals surface area contributed by atoms with Crippen molar-refractivity contribution in [1.82, 2.24) is 19.7 Å². The van der Waals surface area contributed by atoms with Gasteiger partial charge in [-0.05, 0) is 30.3 Å². The second kappa shape index (κ2) is 6.69. The fraction of sp³-hybridized carbons (Fsp3) is 0. The number of carbonyl (C=O) groups excluding carboxylic acids is 1. The van der Waals surface area contributed by atoms with E-state index >= 15 is 0 Å². The Kier molecular flexibility index (Phi) is 4.44. The van der Waals surface area contributed by atoms with Gasteiger partial charge in [0.1, 0.15) is 5.82 Å². The summed E-state index contributed by atoms with van der Waals surface area (Å²) in [6, 6.07) is 8.91. The average Bonchev–Trinajstić information content (AvgIpc) is 2.56. The number of aromatic amines is 1. The van der Waals surface area contributed by atoms with Crippen molar-refractivity contribution in [3.05, 3.63) is 73.6 Å². The zero-order valence-electron chi connectivity index (χ0n) is 12.4. The number of nitrogens with one attached hydrogen (secondary N) is 2. The molecule has 2 aromatic heterocycles. The quantitative estimate of drug-likeness (QED) is 0.598. The Hall–Kier alpha value is -3.27. The van der Waals surface area contributed by atoms with Gasteiger partial charge in [-0.15, -0.1) is 0 Å². The first-order valence-corrected chi connectivity index (χ1v) is 7.69. The fourth-order valence-corrected chi connectivity index (χ4v) is 2.26. The third-order valence-electron chi connectivity index (χ3n) is 3.12. The van der Waals surface area contributed by atoms with Crippen molar-refractivity contribution < 1.29 is 9.90 Å². The number of H-pyrrole nitrogens is 1. The molecule has 3 N–H and O–H groups in total. The lowest BCUT2D eigenvalue weighted by Crippen LogP contribution is -2.26. The number of benzene rings is 1. The number of nitrogens with zero attached hydrogens (tertiary/aromatic N) is 3. The van der Waals surface area contributed by atoms with Crippen LogP contribution in [0, 0.1) is 0 Å². The maximum atomic E-state index is 12.3. The lowest BCUT2D eigenvalue weighted by atomic mass is 10.3. The van der Waals surface area contributed by atoms with Gasteiger partial charge in [0.05, 0.1) is 5.69 Å². The Labute approximate surface area is 148 Å². The molecule has 1 aromatic carbocycles. The summed E-state index contributed by atoms with van der Waals surface area (Å²) in [6.07, 6.45) is 1.21. The van der Waals surface area contributed by atoms with Gasteiger partial charge in [-0.25, -0.2) is 9.78 Å². The molecule has 1 amide bonds. The monoisotopic (exact) mass is 403 g/mol. The first-order valence-electron chi connectivity index (χ1n) is 6.90. The van der Waals surface area contributed by atoms with E-state index in [1.165, 1.54) is 12.3 Å². The molecule has 25 heavy (non-hydrogen) atoms. The molecule has 9 nitrogen and oxygen atoms in total. The number of halogens is 1. The van der Waals surface area contributed by atoms with Crippen molar-refractivity contribution >= 4 is 27.7 Å². The molecule has 10 heteroatoms. The molecule has 0 saturated heterocycles. The summed E-state index contributed by atoms with van der Waals surface area (Å²) >= 11 is 3.28. The van der Waals surface area contributed by atoms with Gasteiger partial charge in [-0.1, -0.05) is 15.9 Å². The van der Waals surface area contributed by atoms with Gasteiger partial charge in [-0.3, -0.25) is 14.6 Å². The van der Waals surface area contributed by atoms with Crippen LogP contribution in [0.3, 0.4) is 0 Å². The number of rotatable bonds is 3. The highest BCUT2D eigenvalue weighted by Crippen LogP contribution is 2.16. The molecule has 0 aliphatic carbocycles. The largest absolute Gasteiger partial charge is 0.505 e. The number of hydrogen-bond donors (Lipinski definition) is 3. The summed E-state index contributed by atoms with van der Waals surface area (Å²) in [5.41, 5.74) is -1.21. The van der Waals surface area contributed by atoms with E-state index < -0.39 is 22.9 Å².